The minimum absolute atomic E-state index is 0. The number of nitrogens with two attached hydrogens (primary N) is 1. The quantitative estimate of drug-likeness (QED) is 0.642. The Labute approximate surface area is 76.5 Å². The predicted molar refractivity (Wildman–Crippen MR) is 48.2 cm³/mol. The van der Waals surface area contributed by atoms with Gasteiger partial charge in [0.2, 0.25) is 5.96 Å². The van der Waals surface area contributed by atoms with Gasteiger partial charge in [0.05, 0.1) is 0 Å². The van der Waals surface area contributed by atoms with Crippen LogP contribution in [0.3, 0.4) is 0 Å². The van der Waals surface area contributed by atoms with Gasteiger partial charge in [-0.25, -0.2) is 4.99 Å². The molecule has 0 aromatic heterocycles. The van der Waals surface area contributed by atoms with Gasteiger partial charge < -0.3 is 5.73 Å². The zero-order valence-electron chi connectivity index (χ0n) is 4.82. The summed E-state index contributed by atoms with van der Waals surface area (Å²) in [5.41, 5.74) is 5.10. The van der Waals surface area contributed by atoms with E-state index in [-0.39, 0.29) is 28.8 Å². The molecular weight excluding hydrogens is 266 g/mol. The number of rotatable bonds is 0. The Morgan fingerprint density at radius 1 is 1.70 bits per heavy atom. The van der Waals surface area contributed by atoms with E-state index in [2.05, 4.69) is 25.9 Å². The fourth-order valence-electron chi connectivity index (χ4n) is 0.409. The highest BCUT2D eigenvalue weighted by atomic mass is 79.9. The van der Waals surface area contributed by atoms with E-state index in [9.17, 15) is 4.79 Å². The van der Waals surface area contributed by atoms with Gasteiger partial charge in [0.25, 0.3) is 5.91 Å². The number of hydrogen-bond donors (Lipinski definition) is 1. The van der Waals surface area contributed by atoms with Gasteiger partial charge in [-0.15, -0.1) is 17.0 Å². The number of alkyl halides is 1. The Hall–Kier alpha value is -0.230. The Bertz CT molecular complexity index is 201. The van der Waals surface area contributed by atoms with E-state index in [0.29, 0.717) is 0 Å². The van der Waals surface area contributed by atoms with Crippen molar-refractivity contribution in [1.29, 1.82) is 0 Å². The van der Waals surface area contributed by atoms with Crippen LogP contribution in [0.2, 0.25) is 0 Å². The molecule has 0 aromatic rings. The molecule has 1 heterocycles. The minimum Gasteiger partial charge on any atom is -0.368 e. The lowest BCUT2D eigenvalue weighted by molar-refractivity contribution is -0.116. The molecule has 1 amide bonds. The molecule has 1 aliphatic heterocycles. The lowest BCUT2D eigenvalue weighted by Gasteiger charge is -2.02. The normalized spacial score (nSPS) is 23.5. The molecule has 2 N–H and O–H groups in total. The van der Waals surface area contributed by atoms with Crippen LogP contribution in [-0.2, 0) is 4.79 Å². The SMILES string of the molecule is Br.NC1=NC(=O)C(Br)C=N1. The van der Waals surface area contributed by atoms with Gasteiger partial charge in [-0.2, -0.15) is 4.99 Å². The number of halogens is 2. The van der Waals surface area contributed by atoms with Gasteiger partial charge in [-0.3, -0.25) is 4.79 Å². The first-order valence-electron chi connectivity index (χ1n) is 2.26. The molecule has 0 saturated carbocycles. The first-order valence-corrected chi connectivity index (χ1v) is 3.18. The van der Waals surface area contributed by atoms with Crippen molar-refractivity contribution < 1.29 is 4.79 Å². The molecule has 6 heteroatoms. The third-order valence-electron chi connectivity index (χ3n) is 0.798. The van der Waals surface area contributed by atoms with Crippen LogP contribution in [0, 0.1) is 0 Å². The van der Waals surface area contributed by atoms with Crippen molar-refractivity contribution in [2.45, 2.75) is 4.83 Å². The topological polar surface area (TPSA) is 67.8 Å². The summed E-state index contributed by atoms with van der Waals surface area (Å²) >= 11 is 3.02. The molecule has 0 radical (unpaired) electrons. The van der Waals surface area contributed by atoms with Crippen LogP contribution >= 0.6 is 32.9 Å². The summed E-state index contributed by atoms with van der Waals surface area (Å²) in [6, 6.07) is 0. The number of aliphatic imine (C=N–C) groups is 2. The maximum Gasteiger partial charge on any atom is 0.268 e. The zero-order valence-corrected chi connectivity index (χ0v) is 8.12. The van der Waals surface area contributed by atoms with E-state index in [0.717, 1.165) is 0 Å². The summed E-state index contributed by atoms with van der Waals surface area (Å²) < 4.78 is 0. The molecule has 0 saturated heterocycles. The lowest BCUT2D eigenvalue weighted by Crippen LogP contribution is -2.24. The summed E-state index contributed by atoms with van der Waals surface area (Å²) in [4.78, 5) is 17.2. The summed E-state index contributed by atoms with van der Waals surface area (Å²) in [6.45, 7) is 0. The summed E-state index contributed by atoms with van der Waals surface area (Å²) in [7, 11) is 0. The van der Waals surface area contributed by atoms with E-state index in [4.69, 9.17) is 5.73 Å². The van der Waals surface area contributed by atoms with Crippen LogP contribution < -0.4 is 5.73 Å². The van der Waals surface area contributed by atoms with Crippen molar-refractivity contribution in [2.24, 2.45) is 15.7 Å². The van der Waals surface area contributed by atoms with Gasteiger partial charge >= 0.3 is 0 Å². The van der Waals surface area contributed by atoms with Crippen molar-refractivity contribution in [1.82, 2.24) is 0 Å². The van der Waals surface area contributed by atoms with Crippen LogP contribution in [-0.4, -0.2) is 22.9 Å². The van der Waals surface area contributed by atoms with Crippen molar-refractivity contribution in [2.75, 3.05) is 0 Å². The Balaban J connectivity index is 0.000000810. The van der Waals surface area contributed by atoms with E-state index in [1.165, 1.54) is 6.21 Å². The Kier molecular flexibility index (Phi) is 3.73. The molecule has 0 aromatic carbocycles. The number of guanidine groups is 1. The third-order valence-corrected chi connectivity index (χ3v) is 1.43. The second-order valence-electron chi connectivity index (χ2n) is 1.49. The second-order valence-corrected chi connectivity index (χ2v) is 2.47. The molecule has 0 bridgehead atoms. The van der Waals surface area contributed by atoms with Crippen LogP contribution in [0.4, 0.5) is 0 Å². The lowest BCUT2D eigenvalue weighted by atomic mass is 10.4. The first kappa shape index (κ1) is 9.77. The molecule has 1 rings (SSSR count). The highest BCUT2D eigenvalue weighted by Gasteiger charge is 2.14. The predicted octanol–water partition coefficient (Wildman–Crippen LogP) is 0.254. The van der Waals surface area contributed by atoms with Gasteiger partial charge in [0.15, 0.2) is 0 Å². The summed E-state index contributed by atoms with van der Waals surface area (Å²) in [5.74, 6) is -0.279. The van der Waals surface area contributed by atoms with E-state index >= 15 is 0 Å². The number of carbonyl (C=O) groups excluding carboxylic acids is 1. The van der Waals surface area contributed by atoms with Gasteiger partial charge in [0.1, 0.15) is 4.83 Å². The second kappa shape index (κ2) is 3.82. The molecule has 0 aliphatic carbocycles. The van der Waals surface area contributed by atoms with Crippen LogP contribution in [0.1, 0.15) is 0 Å². The Morgan fingerprint density at radius 2 is 2.30 bits per heavy atom. The molecule has 0 spiro atoms. The molecule has 56 valence electrons. The summed E-state index contributed by atoms with van der Waals surface area (Å²) in [5, 5.41) is 0. The minimum atomic E-state index is -0.398. The standard InChI is InChI=1S/C4H4BrN3O.BrH/c5-2-1-7-4(6)8-3(2)9;/h1-2H,(H2,6,8,9);1H. The maximum atomic E-state index is 10.6. The fraction of sp³-hybridized carbons (Fsp3) is 0.250. The molecule has 1 aliphatic rings. The van der Waals surface area contributed by atoms with Crippen LogP contribution in [0.25, 0.3) is 0 Å². The van der Waals surface area contributed by atoms with E-state index < -0.39 is 4.83 Å². The summed E-state index contributed by atoms with van der Waals surface area (Å²) in [6.07, 6.45) is 1.41. The van der Waals surface area contributed by atoms with Gasteiger partial charge in [0, 0.05) is 6.21 Å². The Morgan fingerprint density at radius 3 is 2.70 bits per heavy atom. The number of carbonyl (C=O) groups is 1. The van der Waals surface area contributed by atoms with Gasteiger partial charge in [-0.05, 0) is 0 Å². The van der Waals surface area contributed by atoms with Crippen molar-refractivity contribution >= 4 is 51.0 Å². The molecule has 1 unspecified atom stereocenters. The van der Waals surface area contributed by atoms with Crippen LogP contribution in [0.15, 0.2) is 9.98 Å². The highest BCUT2D eigenvalue weighted by molar-refractivity contribution is 9.10. The fourth-order valence-corrected chi connectivity index (χ4v) is 0.630. The molecule has 0 fully saturated rings. The molecule has 10 heavy (non-hydrogen) atoms. The van der Waals surface area contributed by atoms with Crippen molar-refractivity contribution in [3.05, 3.63) is 0 Å². The number of nitrogens with zero attached hydrogens (tertiary/aromatic N) is 2. The molecule has 4 nitrogen and oxygen atoms in total. The smallest absolute Gasteiger partial charge is 0.268 e. The molecular formula is C4H5Br2N3O. The number of hydrogen-bond acceptors (Lipinski definition) is 3. The average Bonchev–Trinajstić information content (AvgIpc) is 1.80. The van der Waals surface area contributed by atoms with Crippen molar-refractivity contribution in [3.8, 4) is 0 Å². The zero-order chi connectivity index (χ0) is 6.85. The van der Waals surface area contributed by atoms with E-state index in [1.807, 2.05) is 0 Å². The highest BCUT2D eigenvalue weighted by Crippen LogP contribution is 2.02. The third kappa shape index (κ3) is 2.18. The van der Waals surface area contributed by atoms with E-state index in [1.54, 1.807) is 0 Å². The maximum absolute atomic E-state index is 10.6. The molecule has 1 atom stereocenters. The largest absolute Gasteiger partial charge is 0.368 e. The first-order chi connectivity index (χ1) is 4.20. The van der Waals surface area contributed by atoms with Crippen molar-refractivity contribution in [3.63, 3.8) is 0 Å². The van der Waals surface area contributed by atoms with Crippen LogP contribution in [0.5, 0.6) is 0 Å². The van der Waals surface area contributed by atoms with Gasteiger partial charge in [-0.1, -0.05) is 15.9 Å². The number of amides is 1. The monoisotopic (exact) mass is 269 g/mol. The average molecular weight is 271 g/mol.